The van der Waals surface area contributed by atoms with Crippen LogP contribution in [0.15, 0.2) is 30.8 Å². The van der Waals surface area contributed by atoms with Crippen LogP contribution in [-0.4, -0.2) is 29.7 Å². The first-order valence-corrected chi connectivity index (χ1v) is 8.71. The van der Waals surface area contributed by atoms with Crippen LogP contribution in [0.25, 0.3) is 6.08 Å². The van der Waals surface area contributed by atoms with E-state index >= 15 is 0 Å². The number of primary amides is 1. The predicted molar refractivity (Wildman–Crippen MR) is 102 cm³/mol. The standard InChI is InChI=1S/C20H30N2O4/c1-6-15-7-9-16(10-8-15)13-25-14(2)17(11-12-18(21)23)22-19(24)26-20(3,4)5/h6-10,14,17H,1,11-13H2,2-5H3,(H2,21,23)(H,22,24)/t14-,17+/m1/s1. The summed E-state index contributed by atoms with van der Waals surface area (Å²) >= 11 is 0. The second kappa shape index (κ2) is 9.97. The minimum absolute atomic E-state index is 0.155. The summed E-state index contributed by atoms with van der Waals surface area (Å²) in [7, 11) is 0. The van der Waals surface area contributed by atoms with Crippen molar-refractivity contribution >= 4 is 18.1 Å². The maximum atomic E-state index is 12.0. The molecule has 26 heavy (non-hydrogen) atoms. The Morgan fingerprint density at radius 1 is 1.27 bits per heavy atom. The summed E-state index contributed by atoms with van der Waals surface area (Å²) in [5.41, 5.74) is 6.67. The normalized spacial score (nSPS) is 13.5. The molecule has 6 heteroatoms. The molecule has 3 N–H and O–H groups in total. The van der Waals surface area contributed by atoms with Crippen LogP contribution in [0.4, 0.5) is 4.79 Å². The number of nitrogens with one attached hydrogen (secondary N) is 1. The molecule has 0 spiro atoms. The highest BCUT2D eigenvalue weighted by Gasteiger charge is 2.24. The van der Waals surface area contributed by atoms with Gasteiger partial charge < -0.3 is 20.5 Å². The summed E-state index contributed by atoms with van der Waals surface area (Å²) in [6.07, 6.45) is 1.45. The Morgan fingerprint density at radius 2 is 1.88 bits per heavy atom. The Morgan fingerprint density at radius 3 is 2.38 bits per heavy atom. The lowest BCUT2D eigenvalue weighted by atomic mass is 10.1. The van der Waals surface area contributed by atoms with Gasteiger partial charge in [0, 0.05) is 6.42 Å². The fourth-order valence-corrected chi connectivity index (χ4v) is 2.27. The molecule has 0 unspecified atom stereocenters. The van der Waals surface area contributed by atoms with Crippen molar-refractivity contribution in [2.75, 3.05) is 0 Å². The molecule has 0 aliphatic rings. The van der Waals surface area contributed by atoms with Crippen LogP contribution in [0.1, 0.15) is 51.7 Å². The van der Waals surface area contributed by atoms with Gasteiger partial charge in [-0.1, -0.05) is 36.9 Å². The zero-order valence-electron chi connectivity index (χ0n) is 16.1. The molecule has 0 aromatic heterocycles. The zero-order chi connectivity index (χ0) is 19.7. The van der Waals surface area contributed by atoms with Gasteiger partial charge in [0.1, 0.15) is 5.60 Å². The average Bonchev–Trinajstić information content (AvgIpc) is 2.55. The van der Waals surface area contributed by atoms with Crippen molar-refractivity contribution in [2.45, 2.75) is 64.9 Å². The van der Waals surface area contributed by atoms with E-state index in [1.54, 1.807) is 26.8 Å². The summed E-state index contributed by atoms with van der Waals surface area (Å²) in [6.45, 7) is 11.3. The van der Waals surface area contributed by atoms with E-state index in [2.05, 4.69) is 11.9 Å². The molecule has 144 valence electrons. The highest BCUT2D eigenvalue weighted by molar-refractivity contribution is 5.74. The minimum Gasteiger partial charge on any atom is -0.444 e. The molecule has 0 aliphatic heterocycles. The fraction of sp³-hybridized carbons (Fsp3) is 0.500. The van der Waals surface area contributed by atoms with Crippen LogP contribution >= 0.6 is 0 Å². The predicted octanol–water partition coefficient (Wildman–Crippen LogP) is 3.39. The number of nitrogens with two attached hydrogens (primary N) is 1. The van der Waals surface area contributed by atoms with Gasteiger partial charge in [-0.3, -0.25) is 4.79 Å². The van der Waals surface area contributed by atoms with E-state index in [9.17, 15) is 9.59 Å². The Balaban J connectivity index is 2.66. The topological polar surface area (TPSA) is 90.6 Å². The highest BCUT2D eigenvalue weighted by atomic mass is 16.6. The van der Waals surface area contributed by atoms with E-state index in [1.807, 2.05) is 31.2 Å². The molecule has 2 amide bonds. The molecule has 0 aliphatic carbocycles. The number of benzene rings is 1. The van der Waals surface area contributed by atoms with Gasteiger partial charge in [-0.15, -0.1) is 0 Å². The maximum Gasteiger partial charge on any atom is 0.407 e. The number of hydrogen-bond donors (Lipinski definition) is 2. The van der Waals surface area contributed by atoms with Crippen LogP contribution in [0.3, 0.4) is 0 Å². The average molecular weight is 362 g/mol. The number of carbonyl (C=O) groups is 2. The Labute approximate surface area is 155 Å². The van der Waals surface area contributed by atoms with Crippen molar-refractivity contribution in [3.8, 4) is 0 Å². The molecule has 1 aromatic carbocycles. The third-order valence-electron chi connectivity index (χ3n) is 3.70. The van der Waals surface area contributed by atoms with Crippen LogP contribution in [0.2, 0.25) is 0 Å². The van der Waals surface area contributed by atoms with Gasteiger partial charge in [0.2, 0.25) is 5.91 Å². The number of ether oxygens (including phenoxy) is 2. The maximum absolute atomic E-state index is 12.0. The van der Waals surface area contributed by atoms with Gasteiger partial charge >= 0.3 is 6.09 Å². The van der Waals surface area contributed by atoms with Crippen LogP contribution in [0, 0.1) is 0 Å². The monoisotopic (exact) mass is 362 g/mol. The quantitative estimate of drug-likeness (QED) is 0.704. The smallest absolute Gasteiger partial charge is 0.407 e. The molecule has 0 heterocycles. The van der Waals surface area contributed by atoms with Gasteiger partial charge in [-0.25, -0.2) is 4.79 Å². The fourth-order valence-electron chi connectivity index (χ4n) is 2.27. The summed E-state index contributed by atoms with van der Waals surface area (Å²) < 4.78 is 11.2. The third-order valence-corrected chi connectivity index (χ3v) is 3.70. The Bertz CT molecular complexity index is 605. The molecule has 6 nitrogen and oxygen atoms in total. The van der Waals surface area contributed by atoms with Crippen molar-refractivity contribution < 1.29 is 19.1 Å². The number of hydrogen-bond acceptors (Lipinski definition) is 4. The molecular weight excluding hydrogens is 332 g/mol. The Kier molecular flexibility index (Phi) is 8.32. The molecule has 2 atom stereocenters. The van der Waals surface area contributed by atoms with E-state index in [4.69, 9.17) is 15.2 Å². The van der Waals surface area contributed by atoms with Crippen LogP contribution in [0.5, 0.6) is 0 Å². The van der Waals surface area contributed by atoms with Gasteiger partial charge in [-0.05, 0) is 45.2 Å². The van der Waals surface area contributed by atoms with Gasteiger partial charge in [0.15, 0.2) is 0 Å². The lowest BCUT2D eigenvalue weighted by Crippen LogP contribution is -2.45. The van der Waals surface area contributed by atoms with Crippen molar-refractivity contribution in [1.82, 2.24) is 5.32 Å². The minimum atomic E-state index is -0.602. The summed E-state index contributed by atoms with van der Waals surface area (Å²) in [5, 5.41) is 2.78. The van der Waals surface area contributed by atoms with E-state index in [0.717, 1.165) is 11.1 Å². The van der Waals surface area contributed by atoms with E-state index in [1.165, 1.54) is 0 Å². The summed E-state index contributed by atoms with van der Waals surface area (Å²) in [4.78, 5) is 23.2. The molecule has 0 saturated carbocycles. The second-order valence-electron chi connectivity index (χ2n) is 7.22. The van der Waals surface area contributed by atoms with Crippen LogP contribution < -0.4 is 11.1 Å². The van der Waals surface area contributed by atoms with Gasteiger partial charge in [0.05, 0.1) is 18.8 Å². The molecule has 1 rings (SSSR count). The SMILES string of the molecule is C=Cc1ccc(CO[C@H](C)[C@H](CCC(N)=O)NC(=O)OC(C)(C)C)cc1. The highest BCUT2D eigenvalue weighted by Crippen LogP contribution is 2.13. The van der Waals surface area contributed by atoms with E-state index in [0.29, 0.717) is 13.0 Å². The lowest BCUT2D eigenvalue weighted by Gasteiger charge is -2.27. The van der Waals surface area contributed by atoms with Gasteiger partial charge in [-0.2, -0.15) is 0 Å². The number of carbonyl (C=O) groups excluding carboxylic acids is 2. The first-order chi connectivity index (χ1) is 12.1. The van der Waals surface area contributed by atoms with E-state index < -0.39 is 17.6 Å². The lowest BCUT2D eigenvalue weighted by molar-refractivity contribution is -0.118. The molecule has 0 saturated heterocycles. The first-order valence-electron chi connectivity index (χ1n) is 8.71. The third kappa shape index (κ3) is 8.67. The molecule has 0 bridgehead atoms. The second-order valence-corrected chi connectivity index (χ2v) is 7.22. The first kappa shape index (κ1) is 21.7. The summed E-state index contributed by atoms with van der Waals surface area (Å²) in [5.74, 6) is -0.423. The largest absolute Gasteiger partial charge is 0.444 e. The zero-order valence-corrected chi connectivity index (χ0v) is 16.1. The molecule has 0 radical (unpaired) electrons. The van der Waals surface area contributed by atoms with Crippen molar-refractivity contribution in [3.05, 3.63) is 42.0 Å². The van der Waals surface area contributed by atoms with Crippen molar-refractivity contribution in [1.29, 1.82) is 0 Å². The van der Waals surface area contributed by atoms with Crippen molar-refractivity contribution in [3.63, 3.8) is 0 Å². The molecule has 1 aromatic rings. The number of rotatable bonds is 9. The van der Waals surface area contributed by atoms with Crippen LogP contribution in [-0.2, 0) is 20.9 Å². The van der Waals surface area contributed by atoms with E-state index in [-0.39, 0.29) is 18.6 Å². The van der Waals surface area contributed by atoms with Gasteiger partial charge in [0.25, 0.3) is 0 Å². The Hall–Kier alpha value is -2.34. The summed E-state index contributed by atoms with van der Waals surface area (Å²) in [6, 6.07) is 7.46. The number of amides is 2. The molecular formula is C20H30N2O4. The number of alkyl carbamates (subject to hydrolysis) is 1. The molecule has 0 fully saturated rings. The van der Waals surface area contributed by atoms with Crippen molar-refractivity contribution in [2.24, 2.45) is 5.73 Å².